The van der Waals surface area contributed by atoms with Crippen LogP contribution in [-0.4, -0.2) is 28.9 Å². The van der Waals surface area contributed by atoms with E-state index in [0.29, 0.717) is 11.2 Å². The highest BCUT2D eigenvalue weighted by molar-refractivity contribution is 7.93. The van der Waals surface area contributed by atoms with Crippen molar-refractivity contribution in [3.05, 3.63) is 24.3 Å². The first kappa shape index (κ1) is 14.6. The lowest BCUT2D eigenvalue weighted by molar-refractivity contribution is -0.0496. The molecule has 2 fully saturated rings. The Morgan fingerprint density at radius 1 is 1.24 bits per heavy atom. The van der Waals surface area contributed by atoms with E-state index in [9.17, 15) is 17.4 Å². The Labute approximate surface area is 120 Å². The maximum Gasteiger partial charge on any atom is 0.483 e. The minimum atomic E-state index is -5.06. The second-order valence-corrected chi connectivity index (χ2v) is 7.77. The third kappa shape index (κ3) is 2.50. The molecule has 1 atom stereocenters. The summed E-state index contributed by atoms with van der Waals surface area (Å²) in [5.41, 5.74) is -4.71. The van der Waals surface area contributed by atoms with Gasteiger partial charge in [-0.05, 0) is 37.1 Å². The lowest BCUT2D eigenvalue weighted by atomic mass is 9.63. The van der Waals surface area contributed by atoms with Gasteiger partial charge in [-0.1, -0.05) is 0 Å². The second kappa shape index (κ2) is 4.61. The highest BCUT2D eigenvalue weighted by atomic mass is 32.2. The van der Waals surface area contributed by atoms with Crippen LogP contribution < -0.4 is 10.1 Å². The minimum Gasteiger partial charge on any atom is -0.490 e. The molecule has 21 heavy (non-hydrogen) atoms. The Balaban J connectivity index is 1.65. The van der Waals surface area contributed by atoms with E-state index >= 15 is 0 Å². The number of nitrogens with one attached hydrogen (secondary N) is 2. The normalized spacial score (nSPS) is 24.0. The SMILES string of the molecule is N=S(=O)(c1ccc(OC2CC3(CNC3)C2)cc1)C(F)(F)F. The molecule has 1 saturated carbocycles. The van der Waals surface area contributed by atoms with Crippen LogP contribution >= 0.6 is 0 Å². The Hall–Kier alpha value is -1.28. The van der Waals surface area contributed by atoms with Gasteiger partial charge in [0.15, 0.2) is 9.73 Å². The second-order valence-electron chi connectivity index (χ2n) is 5.72. The summed E-state index contributed by atoms with van der Waals surface area (Å²) in [5, 5.41) is 3.21. The molecule has 1 aliphatic carbocycles. The average molecular weight is 320 g/mol. The molecule has 3 rings (SSSR count). The van der Waals surface area contributed by atoms with Crippen molar-refractivity contribution < 1.29 is 22.1 Å². The first-order chi connectivity index (χ1) is 9.72. The van der Waals surface area contributed by atoms with Gasteiger partial charge in [-0.15, -0.1) is 0 Å². The quantitative estimate of drug-likeness (QED) is 0.900. The largest absolute Gasteiger partial charge is 0.490 e. The number of halogens is 3. The topological polar surface area (TPSA) is 62.2 Å². The van der Waals surface area contributed by atoms with Crippen molar-refractivity contribution in [2.75, 3.05) is 13.1 Å². The van der Waals surface area contributed by atoms with Crippen molar-refractivity contribution in [1.29, 1.82) is 4.78 Å². The van der Waals surface area contributed by atoms with Gasteiger partial charge in [0.1, 0.15) is 5.75 Å². The molecule has 2 aliphatic rings. The summed E-state index contributed by atoms with van der Waals surface area (Å²) in [4.78, 5) is -0.546. The van der Waals surface area contributed by atoms with Crippen LogP contribution in [0.3, 0.4) is 0 Å². The van der Waals surface area contributed by atoms with E-state index in [-0.39, 0.29) is 6.10 Å². The number of benzene rings is 1. The predicted octanol–water partition coefficient (Wildman–Crippen LogP) is 2.74. The number of rotatable bonds is 3. The van der Waals surface area contributed by atoms with Gasteiger partial charge < -0.3 is 10.1 Å². The number of ether oxygens (including phenoxy) is 1. The lowest BCUT2D eigenvalue weighted by Gasteiger charge is -2.53. The zero-order valence-corrected chi connectivity index (χ0v) is 11.9. The van der Waals surface area contributed by atoms with Gasteiger partial charge in [-0.2, -0.15) is 13.2 Å². The standard InChI is InChI=1S/C13H15F3N2O2S/c14-13(15,16)21(17,19)11-3-1-9(2-4-11)20-10-5-12(6-10)7-18-8-12/h1-4,10,17-18H,5-8H2. The van der Waals surface area contributed by atoms with Gasteiger partial charge in [0, 0.05) is 18.5 Å². The van der Waals surface area contributed by atoms with Gasteiger partial charge in [-0.25, -0.2) is 8.99 Å². The molecule has 1 aliphatic heterocycles. The molecule has 116 valence electrons. The summed E-state index contributed by atoms with van der Waals surface area (Å²) in [6.45, 7) is 2.00. The number of hydrogen-bond donors (Lipinski definition) is 2. The third-order valence-corrected chi connectivity index (χ3v) is 5.69. The van der Waals surface area contributed by atoms with Gasteiger partial charge in [0.25, 0.3) is 0 Å². The number of alkyl halides is 3. The summed E-state index contributed by atoms with van der Waals surface area (Å²) in [5.74, 6) is 0.447. The van der Waals surface area contributed by atoms with Crippen molar-refractivity contribution in [1.82, 2.24) is 5.32 Å². The van der Waals surface area contributed by atoms with E-state index in [0.717, 1.165) is 38.1 Å². The smallest absolute Gasteiger partial charge is 0.483 e. The average Bonchev–Trinajstić information content (AvgIpc) is 2.30. The minimum absolute atomic E-state index is 0.0842. The molecule has 1 aromatic rings. The molecule has 0 aromatic heterocycles. The van der Waals surface area contributed by atoms with Crippen molar-refractivity contribution >= 4 is 9.73 Å². The van der Waals surface area contributed by atoms with E-state index in [1.54, 1.807) is 0 Å². The molecule has 8 heteroatoms. The van der Waals surface area contributed by atoms with Crippen LogP contribution in [0.5, 0.6) is 5.75 Å². The summed E-state index contributed by atoms with van der Waals surface area (Å²) in [6, 6.07) is 4.80. The predicted molar refractivity (Wildman–Crippen MR) is 70.6 cm³/mol. The Morgan fingerprint density at radius 3 is 2.24 bits per heavy atom. The molecule has 4 nitrogen and oxygen atoms in total. The molecule has 1 aromatic carbocycles. The van der Waals surface area contributed by atoms with Crippen LogP contribution in [0, 0.1) is 10.2 Å². The highest BCUT2D eigenvalue weighted by Crippen LogP contribution is 2.45. The zero-order chi connectivity index (χ0) is 15.3. The van der Waals surface area contributed by atoms with Crippen molar-refractivity contribution in [3.63, 3.8) is 0 Å². The molecule has 1 heterocycles. The molecule has 0 amide bonds. The van der Waals surface area contributed by atoms with Crippen molar-refractivity contribution in [2.45, 2.75) is 29.3 Å². The molecule has 0 radical (unpaired) electrons. The van der Waals surface area contributed by atoms with Crippen LogP contribution in [0.2, 0.25) is 0 Å². The summed E-state index contributed by atoms with van der Waals surface area (Å²) >= 11 is 0. The fourth-order valence-corrected chi connectivity index (χ4v) is 3.58. The van der Waals surface area contributed by atoms with Crippen LogP contribution in [0.1, 0.15) is 12.8 Å². The molecule has 1 saturated heterocycles. The van der Waals surface area contributed by atoms with E-state index in [2.05, 4.69) is 5.32 Å². The Morgan fingerprint density at radius 2 is 1.81 bits per heavy atom. The fourth-order valence-electron chi connectivity index (χ4n) is 2.79. The summed E-state index contributed by atoms with van der Waals surface area (Å²) in [6.07, 6.45) is 1.97. The highest BCUT2D eigenvalue weighted by Gasteiger charge is 2.49. The Kier molecular flexibility index (Phi) is 3.21. The van der Waals surface area contributed by atoms with Crippen LogP contribution in [0.4, 0.5) is 13.2 Å². The van der Waals surface area contributed by atoms with E-state index in [4.69, 9.17) is 9.52 Å². The van der Waals surface area contributed by atoms with Crippen molar-refractivity contribution in [2.24, 2.45) is 5.41 Å². The fraction of sp³-hybridized carbons (Fsp3) is 0.538. The molecular formula is C13H15F3N2O2S. The Bertz CT molecular complexity index is 628. The zero-order valence-electron chi connectivity index (χ0n) is 11.1. The van der Waals surface area contributed by atoms with Crippen LogP contribution in [0.25, 0.3) is 0 Å². The first-order valence-corrected chi connectivity index (χ1v) is 8.10. The van der Waals surface area contributed by atoms with Crippen molar-refractivity contribution in [3.8, 4) is 5.75 Å². The van der Waals surface area contributed by atoms with Gasteiger partial charge in [0.2, 0.25) is 0 Å². The van der Waals surface area contributed by atoms with Crippen LogP contribution in [-0.2, 0) is 9.73 Å². The lowest BCUT2D eigenvalue weighted by Crippen LogP contribution is -2.62. The molecule has 0 bridgehead atoms. The maximum atomic E-state index is 12.5. The summed E-state index contributed by atoms with van der Waals surface area (Å²) < 4.78 is 61.7. The van der Waals surface area contributed by atoms with Gasteiger partial charge in [-0.3, -0.25) is 0 Å². The third-order valence-electron chi connectivity index (χ3n) is 4.11. The number of hydrogen-bond acceptors (Lipinski definition) is 4. The van der Waals surface area contributed by atoms with Crippen LogP contribution in [0.15, 0.2) is 29.2 Å². The molecule has 2 N–H and O–H groups in total. The maximum absolute atomic E-state index is 12.5. The molecule has 1 unspecified atom stereocenters. The first-order valence-electron chi connectivity index (χ1n) is 6.54. The van der Waals surface area contributed by atoms with Gasteiger partial charge in [0.05, 0.1) is 11.0 Å². The summed E-state index contributed by atoms with van der Waals surface area (Å²) in [7, 11) is -4.79. The van der Waals surface area contributed by atoms with E-state index in [1.807, 2.05) is 0 Å². The van der Waals surface area contributed by atoms with E-state index in [1.165, 1.54) is 12.1 Å². The van der Waals surface area contributed by atoms with E-state index < -0.39 is 20.1 Å². The molecular weight excluding hydrogens is 305 g/mol. The van der Waals surface area contributed by atoms with Gasteiger partial charge >= 0.3 is 5.51 Å². The monoisotopic (exact) mass is 320 g/mol. The molecule has 1 spiro atoms.